The number of ether oxygens (including phenoxy) is 1. The van der Waals surface area contributed by atoms with Gasteiger partial charge in [0.1, 0.15) is 5.60 Å². The largest absolute Gasteiger partial charge is 0.368 e. The van der Waals surface area contributed by atoms with Crippen LogP contribution in [0.2, 0.25) is 0 Å². The van der Waals surface area contributed by atoms with E-state index in [9.17, 15) is 14.9 Å². The second kappa shape index (κ2) is 6.85. The molecule has 1 saturated heterocycles. The summed E-state index contributed by atoms with van der Waals surface area (Å²) in [6, 6.07) is 5.97. The van der Waals surface area contributed by atoms with Gasteiger partial charge in [0, 0.05) is 19.2 Å². The SMILES string of the molecule is COC1(C(=O)NC(C)c2cccc([N+](=O)[O-])c2)CCNCC1. The Kier molecular flexibility index (Phi) is 5.10. The maximum Gasteiger partial charge on any atom is 0.269 e. The van der Waals surface area contributed by atoms with Crippen molar-refractivity contribution in [3.05, 3.63) is 39.9 Å². The van der Waals surface area contributed by atoms with E-state index in [0.717, 1.165) is 13.1 Å². The van der Waals surface area contributed by atoms with Crippen molar-refractivity contribution >= 4 is 11.6 Å². The molecule has 0 bridgehead atoms. The molecule has 1 aromatic rings. The fourth-order valence-electron chi connectivity index (χ4n) is 2.67. The Morgan fingerprint density at radius 2 is 2.14 bits per heavy atom. The zero-order chi connectivity index (χ0) is 16.2. The first-order valence-electron chi connectivity index (χ1n) is 7.30. The monoisotopic (exact) mass is 307 g/mol. The summed E-state index contributed by atoms with van der Waals surface area (Å²) in [6.07, 6.45) is 1.22. The fourth-order valence-corrected chi connectivity index (χ4v) is 2.67. The van der Waals surface area contributed by atoms with Crippen molar-refractivity contribution in [2.45, 2.75) is 31.4 Å². The van der Waals surface area contributed by atoms with Crippen LogP contribution in [0.4, 0.5) is 5.69 Å². The third-order valence-corrected chi connectivity index (χ3v) is 4.14. The molecule has 2 N–H and O–H groups in total. The normalized spacial score (nSPS) is 18.5. The summed E-state index contributed by atoms with van der Waals surface area (Å²) in [5.41, 5.74) is -0.107. The number of hydrogen-bond acceptors (Lipinski definition) is 5. The second-order valence-electron chi connectivity index (χ2n) is 5.50. The van der Waals surface area contributed by atoms with Crippen LogP contribution < -0.4 is 10.6 Å². The number of nitro benzene ring substituents is 1. The first-order valence-corrected chi connectivity index (χ1v) is 7.30. The quantitative estimate of drug-likeness (QED) is 0.636. The van der Waals surface area contributed by atoms with Gasteiger partial charge in [-0.25, -0.2) is 0 Å². The molecule has 1 aliphatic rings. The van der Waals surface area contributed by atoms with Crippen LogP contribution in [-0.4, -0.2) is 36.6 Å². The third kappa shape index (κ3) is 3.42. The number of amides is 1. The molecule has 1 amide bonds. The maximum absolute atomic E-state index is 12.6. The van der Waals surface area contributed by atoms with Crippen molar-refractivity contribution in [2.24, 2.45) is 0 Å². The number of methoxy groups -OCH3 is 1. The summed E-state index contributed by atoms with van der Waals surface area (Å²) in [5, 5.41) is 16.9. The van der Waals surface area contributed by atoms with Crippen LogP contribution in [-0.2, 0) is 9.53 Å². The molecule has 7 nitrogen and oxygen atoms in total. The minimum atomic E-state index is -0.819. The molecule has 1 aromatic carbocycles. The van der Waals surface area contributed by atoms with E-state index in [0.29, 0.717) is 18.4 Å². The van der Waals surface area contributed by atoms with Crippen LogP contribution in [0, 0.1) is 10.1 Å². The molecule has 2 rings (SSSR count). The highest BCUT2D eigenvalue weighted by molar-refractivity contribution is 5.85. The van der Waals surface area contributed by atoms with Crippen molar-refractivity contribution in [1.82, 2.24) is 10.6 Å². The number of rotatable bonds is 5. The van der Waals surface area contributed by atoms with Crippen LogP contribution in [0.5, 0.6) is 0 Å². The summed E-state index contributed by atoms with van der Waals surface area (Å²) in [7, 11) is 1.54. The van der Waals surface area contributed by atoms with E-state index in [1.807, 2.05) is 0 Å². The van der Waals surface area contributed by atoms with Crippen molar-refractivity contribution < 1.29 is 14.5 Å². The molecule has 1 heterocycles. The van der Waals surface area contributed by atoms with Gasteiger partial charge in [-0.2, -0.15) is 0 Å². The zero-order valence-corrected chi connectivity index (χ0v) is 12.8. The highest BCUT2D eigenvalue weighted by Crippen LogP contribution is 2.25. The Bertz CT molecular complexity index is 555. The molecule has 7 heteroatoms. The lowest BCUT2D eigenvalue weighted by Crippen LogP contribution is -2.54. The smallest absolute Gasteiger partial charge is 0.269 e. The number of nitrogens with zero attached hydrogens (tertiary/aromatic N) is 1. The third-order valence-electron chi connectivity index (χ3n) is 4.14. The Morgan fingerprint density at radius 3 is 2.73 bits per heavy atom. The number of carbonyl (C=O) groups is 1. The van der Waals surface area contributed by atoms with Gasteiger partial charge in [0.15, 0.2) is 0 Å². The highest BCUT2D eigenvalue weighted by Gasteiger charge is 2.40. The number of nitro groups is 1. The number of carbonyl (C=O) groups excluding carboxylic acids is 1. The van der Waals surface area contributed by atoms with Gasteiger partial charge in [0.05, 0.1) is 11.0 Å². The zero-order valence-electron chi connectivity index (χ0n) is 12.8. The molecule has 0 aromatic heterocycles. The predicted molar refractivity (Wildman–Crippen MR) is 81.5 cm³/mol. The van der Waals surface area contributed by atoms with Gasteiger partial charge in [0.2, 0.25) is 0 Å². The molecular weight excluding hydrogens is 286 g/mol. The lowest BCUT2D eigenvalue weighted by Gasteiger charge is -2.35. The number of piperidine rings is 1. The fraction of sp³-hybridized carbons (Fsp3) is 0.533. The molecule has 1 aliphatic heterocycles. The van der Waals surface area contributed by atoms with E-state index in [1.165, 1.54) is 12.1 Å². The number of non-ortho nitro benzene ring substituents is 1. The van der Waals surface area contributed by atoms with Gasteiger partial charge in [-0.05, 0) is 38.4 Å². The molecule has 1 fully saturated rings. The summed E-state index contributed by atoms with van der Waals surface area (Å²) in [4.78, 5) is 22.9. The lowest BCUT2D eigenvalue weighted by molar-refractivity contribution is -0.384. The van der Waals surface area contributed by atoms with E-state index in [2.05, 4.69) is 10.6 Å². The number of nitrogens with one attached hydrogen (secondary N) is 2. The maximum atomic E-state index is 12.6. The molecule has 0 aliphatic carbocycles. The highest BCUT2D eigenvalue weighted by atomic mass is 16.6. The molecular formula is C15H21N3O4. The van der Waals surface area contributed by atoms with E-state index < -0.39 is 10.5 Å². The Balaban J connectivity index is 2.10. The minimum absolute atomic E-state index is 0.0157. The topological polar surface area (TPSA) is 93.5 Å². The van der Waals surface area contributed by atoms with Gasteiger partial charge >= 0.3 is 0 Å². The van der Waals surface area contributed by atoms with Gasteiger partial charge < -0.3 is 15.4 Å². The molecule has 22 heavy (non-hydrogen) atoms. The van der Waals surface area contributed by atoms with Gasteiger partial charge in [-0.1, -0.05) is 12.1 Å². The summed E-state index contributed by atoms with van der Waals surface area (Å²) < 4.78 is 5.48. The summed E-state index contributed by atoms with van der Waals surface area (Å²) in [6.45, 7) is 3.26. The Labute approximate surface area is 129 Å². The van der Waals surface area contributed by atoms with Crippen LogP contribution in [0.1, 0.15) is 31.4 Å². The minimum Gasteiger partial charge on any atom is -0.368 e. The molecule has 0 saturated carbocycles. The summed E-state index contributed by atoms with van der Waals surface area (Å²) in [5.74, 6) is -0.171. The molecule has 0 spiro atoms. The van der Waals surface area contributed by atoms with E-state index in [4.69, 9.17) is 4.74 Å². The average molecular weight is 307 g/mol. The van der Waals surface area contributed by atoms with Crippen LogP contribution in [0.25, 0.3) is 0 Å². The predicted octanol–water partition coefficient (Wildman–Crippen LogP) is 1.54. The number of hydrogen-bond donors (Lipinski definition) is 2. The van der Waals surface area contributed by atoms with Gasteiger partial charge in [0.25, 0.3) is 11.6 Å². The first kappa shape index (κ1) is 16.4. The Hall–Kier alpha value is -1.99. The van der Waals surface area contributed by atoms with E-state index in [1.54, 1.807) is 26.2 Å². The Morgan fingerprint density at radius 1 is 1.45 bits per heavy atom. The van der Waals surface area contributed by atoms with Crippen molar-refractivity contribution in [3.63, 3.8) is 0 Å². The van der Waals surface area contributed by atoms with Gasteiger partial charge in [-0.3, -0.25) is 14.9 Å². The molecule has 120 valence electrons. The number of benzene rings is 1. The van der Waals surface area contributed by atoms with Crippen LogP contribution in [0.3, 0.4) is 0 Å². The first-order chi connectivity index (χ1) is 10.5. The van der Waals surface area contributed by atoms with Gasteiger partial charge in [-0.15, -0.1) is 0 Å². The van der Waals surface area contributed by atoms with Crippen molar-refractivity contribution in [1.29, 1.82) is 0 Å². The molecule has 1 atom stereocenters. The average Bonchev–Trinajstić information content (AvgIpc) is 2.55. The van der Waals surface area contributed by atoms with E-state index in [-0.39, 0.29) is 17.6 Å². The van der Waals surface area contributed by atoms with E-state index >= 15 is 0 Å². The molecule has 1 unspecified atom stereocenters. The molecule has 0 radical (unpaired) electrons. The van der Waals surface area contributed by atoms with Crippen molar-refractivity contribution in [3.8, 4) is 0 Å². The standard InChI is InChI=1S/C15H21N3O4/c1-11(12-4-3-5-13(10-12)18(20)21)17-14(19)15(22-2)6-8-16-9-7-15/h3-5,10-11,16H,6-9H2,1-2H3,(H,17,19). The van der Waals surface area contributed by atoms with Crippen LogP contribution >= 0.6 is 0 Å². The lowest BCUT2D eigenvalue weighted by atomic mass is 9.90. The van der Waals surface area contributed by atoms with Crippen molar-refractivity contribution in [2.75, 3.05) is 20.2 Å². The summed E-state index contributed by atoms with van der Waals surface area (Å²) >= 11 is 0. The second-order valence-corrected chi connectivity index (χ2v) is 5.50. The van der Waals surface area contributed by atoms with Crippen LogP contribution in [0.15, 0.2) is 24.3 Å².